The van der Waals surface area contributed by atoms with Crippen molar-refractivity contribution in [2.24, 2.45) is 0 Å². The fourth-order valence-electron chi connectivity index (χ4n) is 1.15. The molecule has 70 valence electrons. The number of nitrogens with zero attached hydrogens (tertiary/aromatic N) is 2. The fraction of sp³-hybridized carbons (Fsp3) is 0.500. The first kappa shape index (κ1) is 8.87. The third-order valence-corrected chi connectivity index (χ3v) is 2.78. The Morgan fingerprint density at radius 1 is 1.54 bits per heavy atom. The Morgan fingerprint density at radius 2 is 2.23 bits per heavy atom. The van der Waals surface area contributed by atoms with Gasteiger partial charge in [0.2, 0.25) is 5.88 Å². The zero-order valence-corrected chi connectivity index (χ0v) is 8.64. The molecule has 0 atom stereocenters. The Morgan fingerprint density at radius 3 is 2.77 bits per heavy atom. The van der Waals surface area contributed by atoms with Gasteiger partial charge in [0.25, 0.3) is 0 Å². The van der Waals surface area contributed by atoms with Crippen LogP contribution in [0.15, 0.2) is 10.8 Å². The van der Waals surface area contributed by atoms with E-state index in [0.29, 0.717) is 28.9 Å². The summed E-state index contributed by atoms with van der Waals surface area (Å²) in [5.74, 6) is 0.383. The molecule has 0 amide bonds. The van der Waals surface area contributed by atoms with E-state index in [-0.39, 0.29) is 0 Å². The minimum Gasteiger partial charge on any atom is -0.480 e. The van der Waals surface area contributed by atoms with Gasteiger partial charge in [0.05, 0.1) is 12.8 Å². The molecule has 1 aromatic heterocycles. The Kier molecular flexibility index (Phi) is 1.98. The van der Waals surface area contributed by atoms with Crippen LogP contribution in [-0.4, -0.2) is 17.1 Å². The van der Waals surface area contributed by atoms with E-state index >= 15 is 0 Å². The molecule has 1 fully saturated rings. The Balaban J connectivity index is 2.46. The maximum absolute atomic E-state index is 13.6. The van der Waals surface area contributed by atoms with Gasteiger partial charge in [-0.3, -0.25) is 0 Å². The highest BCUT2D eigenvalue weighted by Crippen LogP contribution is 2.51. The first-order valence-electron chi connectivity index (χ1n) is 3.91. The lowest BCUT2D eigenvalue weighted by Crippen LogP contribution is -2.05. The van der Waals surface area contributed by atoms with E-state index in [4.69, 9.17) is 4.74 Å². The summed E-state index contributed by atoms with van der Waals surface area (Å²) in [5, 5.41) is 0. The molecule has 0 aromatic carbocycles. The van der Waals surface area contributed by atoms with Crippen molar-refractivity contribution in [2.75, 3.05) is 7.11 Å². The third kappa shape index (κ3) is 1.41. The largest absolute Gasteiger partial charge is 0.480 e. The van der Waals surface area contributed by atoms with Gasteiger partial charge in [-0.05, 0) is 28.8 Å². The summed E-state index contributed by atoms with van der Waals surface area (Å²) in [6, 6.07) is 0. The lowest BCUT2D eigenvalue weighted by Gasteiger charge is -2.08. The van der Waals surface area contributed by atoms with Gasteiger partial charge in [0, 0.05) is 0 Å². The smallest absolute Gasteiger partial charge is 0.231 e. The average Bonchev–Trinajstić information content (AvgIpc) is 2.85. The van der Waals surface area contributed by atoms with Crippen molar-refractivity contribution in [1.82, 2.24) is 9.97 Å². The zero-order chi connectivity index (χ0) is 9.47. The first-order chi connectivity index (χ1) is 6.17. The second-order valence-corrected chi connectivity index (χ2v) is 3.80. The van der Waals surface area contributed by atoms with Gasteiger partial charge in [0.15, 0.2) is 5.67 Å². The van der Waals surface area contributed by atoms with Gasteiger partial charge in [-0.15, -0.1) is 0 Å². The Labute approximate surface area is 83.5 Å². The van der Waals surface area contributed by atoms with E-state index in [1.807, 2.05) is 0 Å². The summed E-state index contributed by atoms with van der Waals surface area (Å²) in [7, 11) is 1.49. The van der Waals surface area contributed by atoms with Crippen LogP contribution in [0.3, 0.4) is 0 Å². The van der Waals surface area contributed by atoms with Crippen LogP contribution >= 0.6 is 15.9 Å². The molecule has 0 unspecified atom stereocenters. The predicted molar refractivity (Wildman–Crippen MR) is 48.3 cm³/mol. The van der Waals surface area contributed by atoms with E-state index in [2.05, 4.69) is 25.9 Å². The maximum atomic E-state index is 13.6. The van der Waals surface area contributed by atoms with E-state index in [9.17, 15) is 4.39 Å². The number of hydrogen-bond donors (Lipinski definition) is 0. The van der Waals surface area contributed by atoms with Crippen LogP contribution in [0.1, 0.15) is 18.5 Å². The molecule has 0 aliphatic heterocycles. The fourth-order valence-corrected chi connectivity index (χ4v) is 1.88. The van der Waals surface area contributed by atoms with E-state index < -0.39 is 5.67 Å². The van der Waals surface area contributed by atoms with Gasteiger partial charge < -0.3 is 4.74 Å². The normalized spacial score (nSPS) is 18.4. The van der Waals surface area contributed by atoms with Crippen LogP contribution in [0, 0.1) is 0 Å². The lowest BCUT2D eigenvalue weighted by atomic mass is 10.2. The van der Waals surface area contributed by atoms with Crippen molar-refractivity contribution >= 4 is 15.9 Å². The van der Waals surface area contributed by atoms with Gasteiger partial charge in [-0.2, -0.15) is 0 Å². The Hall–Kier alpha value is -0.710. The van der Waals surface area contributed by atoms with Crippen LogP contribution in [0.5, 0.6) is 5.88 Å². The molecule has 1 heterocycles. The van der Waals surface area contributed by atoms with Crippen molar-refractivity contribution in [2.45, 2.75) is 18.5 Å². The highest BCUT2D eigenvalue weighted by atomic mass is 79.9. The van der Waals surface area contributed by atoms with Gasteiger partial charge in [0.1, 0.15) is 10.8 Å². The van der Waals surface area contributed by atoms with Crippen LogP contribution in [0.2, 0.25) is 0 Å². The number of rotatable bonds is 2. The average molecular weight is 247 g/mol. The van der Waals surface area contributed by atoms with Crippen molar-refractivity contribution < 1.29 is 9.13 Å². The topological polar surface area (TPSA) is 35.0 Å². The minimum atomic E-state index is -1.25. The summed E-state index contributed by atoms with van der Waals surface area (Å²) < 4.78 is 19.1. The number of methoxy groups -OCH3 is 1. The number of alkyl halides is 1. The third-order valence-electron chi connectivity index (χ3n) is 2.06. The van der Waals surface area contributed by atoms with Crippen LogP contribution in [-0.2, 0) is 5.67 Å². The molecule has 0 radical (unpaired) electrons. The molecule has 3 nitrogen and oxygen atoms in total. The van der Waals surface area contributed by atoms with Gasteiger partial charge in [-0.1, -0.05) is 0 Å². The number of ether oxygens (including phenoxy) is 1. The number of halogens is 2. The minimum absolute atomic E-state index is 0.383. The molecule has 0 N–H and O–H groups in total. The molecule has 0 saturated heterocycles. The van der Waals surface area contributed by atoms with E-state index in [1.54, 1.807) is 0 Å². The quantitative estimate of drug-likeness (QED) is 0.803. The second-order valence-electron chi connectivity index (χ2n) is 3.01. The first-order valence-corrected chi connectivity index (χ1v) is 4.70. The molecular weight excluding hydrogens is 239 g/mol. The zero-order valence-electron chi connectivity index (χ0n) is 7.05. The highest BCUT2D eigenvalue weighted by Gasteiger charge is 2.48. The van der Waals surface area contributed by atoms with Crippen molar-refractivity contribution in [3.63, 3.8) is 0 Å². The molecule has 1 aliphatic carbocycles. The molecule has 13 heavy (non-hydrogen) atoms. The van der Waals surface area contributed by atoms with Crippen molar-refractivity contribution in [1.29, 1.82) is 0 Å². The summed E-state index contributed by atoms with van der Waals surface area (Å²) in [6.07, 6.45) is 2.39. The molecule has 2 rings (SSSR count). The molecule has 1 aliphatic rings. The second kappa shape index (κ2) is 2.90. The SMILES string of the molecule is COc1ncnc(C2(F)CC2)c1Br. The van der Waals surface area contributed by atoms with Gasteiger partial charge >= 0.3 is 0 Å². The molecule has 5 heteroatoms. The standard InChI is InChI=1S/C8H8BrFN2O/c1-13-7-5(9)6(11-4-12-7)8(10)2-3-8/h4H,2-3H2,1H3. The molecular formula is C8H8BrFN2O. The molecule has 0 spiro atoms. The van der Waals surface area contributed by atoms with Crippen LogP contribution in [0.25, 0.3) is 0 Å². The van der Waals surface area contributed by atoms with Gasteiger partial charge in [-0.25, -0.2) is 14.4 Å². The predicted octanol–water partition coefficient (Wildman–Crippen LogP) is 2.21. The molecule has 0 bridgehead atoms. The molecule has 1 aromatic rings. The van der Waals surface area contributed by atoms with Crippen molar-refractivity contribution in [3.05, 3.63) is 16.5 Å². The van der Waals surface area contributed by atoms with E-state index in [1.165, 1.54) is 13.4 Å². The maximum Gasteiger partial charge on any atom is 0.231 e. The van der Waals surface area contributed by atoms with Crippen LogP contribution < -0.4 is 4.74 Å². The van der Waals surface area contributed by atoms with E-state index in [0.717, 1.165) is 0 Å². The summed E-state index contributed by atoms with van der Waals surface area (Å²) in [4.78, 5) is 7.76. The monoisotopic (exact) mass is 246 g/mol. The molecule has 1 saturated carbocycles. The number of hydrogen-bond acceptors (Lipinski definition) is 3. The van der Waals surface area contributed by atoms with Crippen molar-refractivity contribution in [3.8, 4) is 5.88 Å². The lowest BCUT2D eigenvalue weighted by molar-refractivity contribution is 0.303. The summed E-state index contributed by atoms with van der Waals surface area (Å²) >= 11 is 3.23. The summed E-state index contributed by atoms with van der Waals surface area (Å²) in [5.41, 5.74) is -0.853. The highest BCUT2D eigenvalue weighted by molar-refractivity contribution is 9.10. The van der Waals surface area contributed by atoms with Crippen LogP contribution in [0.4, 0.5) is 4.39 Å². The summed E-state index contributed by atoms with van der Waals surface area (Å²) in [6.45, 7) is 0. The Bertz CT molecular complexity index is 341. The number of aromatic nitrogens is 2.